The van der Waals surface area contributed by atoms with Crippen LogP contribution in [0.1, 0.15) is 39.7 Å². The lowest BCUT2D eigenvalue weighted by atomic mass is 10.0. The van der Waals surface area contributed by atoms with Crippen molar-refractivity contribution in [2.45, 2.75) is 40.2 Å². The third-order valence-corrected chi connectivity index (χ3v) is 5.00. The SMILES string of the molecule is CCNC(Cc1nc(C)c(C)s1)c1ccc(C)c(Cl)c1. The molecule has 1 N–H and O–H groups in total. The molecule has 1 heterocycles. The van der Waals surface area contributed by atoms with E-state index >= 15 is 0 Å². The van der Waals surface area contributed by atoms with Crippen molar-refractivity contribution in [2.24, 2.45) is 0 Å². The Balaban J connectivity index is 2.23. The van der Waals surface area contributed by atoms with Gasteiger partial charge in [-0.05, 0) is 44.5 Å². The smallest absolute Gasteiger partial charge is 0.0949 e. The maximum atomic E-state index is 6.25. The quantitative estimate of drug-likeness (QED) is 0.872. The molecule has 2 rings (SSSR count). The number of halogens is 1. The molecule has 0 aliphatic heterocycles. The molecule has 2 nitrogen and oxygen atoms in total. The number of aromatic nitrogens is 1. The van der Waals surface area contributed by atoms with Gasteiger partial charge in [0.25, 0.3) is 0 Å². The highest BCUT2D eigenvalue weighted by Gasteiger charge is 2.15. The van der Waals surface area contributed by atoms with E-state index in [2.05, 4.69) is 49.3 Å². The number of nitrogens with one attached hydrogen (secondary N) is 1. The number of aryl methyl sites for hydroxylation is 3. The van der Waals surface area contributed by atoms with Gasteiger partial charge >= 0.3 is 0 Å². The molecule has 0 spiro atoms. The Morgan fingerprint density at radius 3 is 2.60 bits per heavy atom. The van der Waals surface area contributed by atoms with Crippen LogP contribution in [0.25, 0.3) is 0 Å². The third-order valence-electron chi connectivity index (χ3n) is 3.50. The van der Waals surface area contributed by atoms with Crippen molar-refractivity contribution in [1.82, 2.24) is 10.3 Å². The van der Waals surface area contributed by atoms with Gasteiger partial charge in [0.1, 0.15) is 0 Å². The summed E-state index contributed by atoms with van der Waals surface area (Å²) >= 11 is 8.04. The van der Waals surface area contributed by atoms with Gasteiger partial charge in [0, 0.05) is 22.4 Å². The monoisotopic (exact) mass is 308 g/mol. The first kappa shape index (κ1) is 15.5. The number of likely N-dealkylation sites (N-methyl/N-ethyl adjacent to an activating group) is 1. The molecule has 1 aromatic heterocycles. The normalized spacial score (nSPS) is 12.7. The Morgan fingerprint density at radius 2 is 2.05 bits per heavy atom. The first-order valence-corrected chi connectivity index (χ1v) is 8.13. The molecule has 0 radical (unpaired) electrons. The van der Waals surface area contributed by atoms with Crippen molar-refractivity contribution in [1.29, 1.82) is 0 Å². The molecule has 0 saturated heterocycles. The van der Waals surface area contributed by atoms with Crippen LogP contribution in [0.4, 0.5) is 0 Å². The molecule has 0 amide bonds. The lowest BCUT2D eigenvalue weighted by Crippen LogP contribution is -2.23. The van der Waals surface area contributed by atoms with Crippen LogP contribution in [0.5, 0.6) is 0 Å². The van der Waals surface area contributed by atoms with Gasteiger partial charge in [-0.3, -0.25) is 0 Å². The first-order chi connectivity index (χ1) is 9.51. The largest absolute Gasteiger partial charge is 0.310 e. The Labute approximate surface area is 130 Å². The van der Waals surface area contributed by atoms with E-state index in [0.29, 0.717) is 0 Å². The minimum atomic E-state index is 0.267. The van der Waals surface area contributed by atoms with Gasteiger partial charge < -0.3 is 5.32 Å². The zero-order chi connectivity index (χ0) is 14.7. The summed E-state index contributed by atoms with van der Waals surface area (Å²) in [6.07, 6.45) is 0.909. The van der Waals surface area contributed by atoms with Crippen molar-refractivity contribution in [2.75, 3.05) is 6.54 Å². The molecule has 1 aromatic carbocycles. The number of nitrogens with zero attached hydrogens (tertiary/aromatic N) is 1. The van der Waals surface area contributed by atoms with E-state index < -0.39 is 0 Å². The summed E-state index contributed by atoms with van der Waals surface area (Å²) in [5, 5.41) is 5.54. The van der Waals surface area contributed by atoms with Crippen molar-refractivity contribution < 1.29 is 0 Å². The van der Waals surface area contributed by atoms with E-state index in [1.165, 1.54) is 15.4 Å². The molecule has 1 atom stereocenters. The summed E-state index contributed by atoms with van der Waals surface area (Å²) < 4.78 is 0. The summed E-state index contributed by atoms with van der Waals surface area (Å²) in [5.41, 5.74) is 3.49. The van der Waals surface area contributed by atoms with E-state index in [1.54, 1.807) is 11.3 Å². The van der Waals surface area contributed by atoms with E-state index in [1.807, 2.05) is 6.92 Å². The van der Waals surface area contributed by atoms with Gasteiger partial charge in [0.05, 0.1) is 10.7 Å². The van der Waals surface area contributed by atoms with E-state index in [4.69, 9.17) is 11.6 Å². The van der Waals surface area contributed by atoms with Crippen molar-refractivity contribution in [3.05, 3.63) is 49.9 Å². The van der Waals surface area contributed by atoms with Gasteiger partial charge in [0.15, 0.2) is 0 Å². The van der Waals surface area contributed by atoms with Gasteiger partial charge in [-0.2, -0.15) is 0 Å². The molecule has 2 aromatic rings. The highest BCUT2D eigenvalue weighted by Crippen LogP contribution is 2.26. The molecular formula is C16H21ClN2S. The van der Waals surface area contributed by atoms with Crippen LogP contribution >= 0.6 is 22.9 Å². The Morgan fingerprint density at radius 1 is 1.30 bits per heavy atom. The van der Waals surface area contributed by atoms with Crippen LogP contribution < -0.4 is 5.32 Å². The molecular weight excluding hydrogens is 288 g/mol. The second kappa shape index (κ2) is 6.70. The van der Waals surface area contributed by atoms with E-state index in [0.717, 1.165) is 29.2 Å². The molecule has 1 unspecified atom stereocenters. The van der Waals surface area contributed by atoms with Crippen LogP contribution in [0.15, 0.2) is 18.2 Å². The number of hydrogen-bond acceptors (Lipinski definition) is 3. The summed E-state index contributed by atoms with van der Waals surface area (Å²) in [7, 11) is 0. The number of benzene rings is 1. The molecule has 0 aliphatic rings. The zero-order valence-electron chi connectivity index (χ0n) is 12.5. The van der Waals surface area contributed by atoms with Crippen LogP contribution in [-0.4, -0.2) is 11.5 Å². The molecule has 0 bridgehead atoms. The maximum absolute atomic E-state index is 6.25. The number of thiazole rings is 1. The van der Waals surface area contributed by atoms with Gasteiger partial charge in [0.2, 0.25) is 0 Å². The van der Waals surface area contributed by atoms with Crippen LogP contribution in [0.2, 0.25) is 5.02 Å². The molecule has 20 heavy (non-hydrogen) atoms. The molecule has 0 aliphatic carbocycles. The van der Waals surface area contributed by atoms with Crippen LogP contribution in [0.3, 0.4) is 0 Å². The Kier molecular flexibility index (Phi) is 5.19. The number of hydrogen-bond donors (Lipinski definition) is 1. The zero-order valence-corrected chi connectivity index (χ0v) is 14.0. The van der Waals surface area contributed by atoms with Gasteiger partial charge in [-0.15, -0.1) is 11.3 Å². The van der Waals surface area contributed by atoms with Crippen molar-refractivity contribution in [3.63, 3.8) is 0 Å². The molecule has 108 valence electrons. The second-order valence-electron chi connectivity index (χ2n) is 5.07. The van der Waals surface area contributed by atoms with E-state index in [-0.39, 0.29) is 6.04 Å². The van der Waals surface area contributed by atoms with Gasteiger partial charge in [-0.25, -0.2) is 4.98 Å². The summed E-state index contributed by atoms with van der Waals surface area (Å²) in [4.78, 5) is 5.95. The molecule has 4 heteroatoms. The maximum Gasteiger partial charge on any atom is 0.0949 e. The fourth-order valence-corrected chi connectivity index (χ4v) is 3.35. The number of rotatable bonds is 5. The average Bonchev–Trinajstić information content (AvgIpc) is 2.71. The second-order valence-corrected chi connectivity index (χ2v) is 6.77. The minimum Gasteiger partial charge on any atom is -0.310 e. The lowest BCUT2D eigenvalue weighted by Gasteiger charge is -2.18. The van der Waals surface area contributed by atoms with E-state index in [9.17, 15) is 0 Å². The molecule has 0 saturated carbocycles. The highest BCUT2D eigenvalue weighted by atomic mass is 35.5. The fourth-order valence-electron chi connectivity index (χ4n) is 2.18. The third kappa shape index (κ3) is 3.60. The highest BCUT2D eigenvalue weighted by molar-refractivity contribution is 7.11. The Bertz CT molecular complexity index is 573. The summed E-state index contributed by atoms with van der Waals surface area (Å²) in [6.45, 7) is 9.28. The average molecular weight is 309 g/mol. The van der Waals surface area contributed by atoms with Crippen LogP contribution in [-0.2, 0) is 6.42 Å². The van der Waals surface area contributed by atoms with Gasteiger partial charge in [-0.1, -0.05) is 30.7 Å². The summed E-state index contributed by atoms with van der Waals surface area (Å²) in [5.74, 6) is 0. The summed E-state index contributed by atoms with van der Waals surface area (Å²) in [6, 6.07) is 6.57. The predicted octanol–water partition coefficient (Wildman–Crippen LogP) is 4.62. The fraction of sp³-hybridized carbons (Fsp3) is 0.438. The van der Waals surface area contributed by atoms with Crippen molar-refractivity contribution in [3.8, 4) is 0 Å². The standard InChI is InChI=1S/C16H21ClN2S/c1-5-18-15(9-16-19-11(3)12(4)20-16)13-7-6-10(2)14(17)8-13/h6-8,15,18H,5,9H2,1-4H3. The first-order valence-electron chi connectivity index (χ1n) is 6.93. The van der Waals surface area contributed by atoms with Crippen molar-refractivity contribution >= 4 is 22.9 Å². The minimum absolute atomic E-state index is 0.267. The topological polar surface area (TPSA) is 24.9 Å². The Hall–Kier alpha value is -0.900. The van der Waals surface area contributed by atoms with Crippen LogP contribution in [0, 0.1) is 20.8 Å². The predicted molar refractivity (Wildman–Crippen MR) is 87.9 cm³/mol. The lowest BCUT2D eigenvalue weighted by molar-refractivity contribution is 0.548. The molecule has 0 fully saturated rings.